The summed E-state index contributed by atoms with van der Waals surface area (Å²) in [5.74, 6) is -0.496. The van der Waals surface area contributed by atoms with Gasteiger partial charge in [0.15, 0.2) is 0 Å². The van der Waals surface area contributed by atoms with Gasteiger partial charge in [0.2, 0.25) is 0 Å². The first kappa shape index (κ1) is 16.0. The molecule has 2 N–H and O–H groups in total. The van der Waals surface area contributed by atoms with Crippen molar-refractivity contribution in [3.8, 4) is 0 Å². The van der Waals surface area contributed by atoms with E-state index in [0.717, 1.165) is 25.7 Å². The van der Waals surface area contributed by atoms with E-state index in [-0.39, 0.29) is 25.3 Å². The van der Waals surface area contributed by atoms with E-state index in [1.165, 1.54) is 4.90 Å². The van der Waals surface area contributed by atoms with Gasteiger partial charge in [0.05, 0.1) is 19.3 Å². The molecule has 0 unspecified atom stereocenters. The quantitative estimate of drug-likeness (QED) is 0.709. The first-order valence-electron chi connectivity index (χ1n) is 7.58. The summed E-state index contributed by atoms with van der Waals surface area (Å²) in [6, 6.07) is -0.176. The summed E-state index contributed by atoms with van der Waals surface area (Å²) >= 11 is 0. The zero-order valence-corrected chi connectivity index (χ0v) is 12.2. The highest BCUT2D eigenvalue weighted by atomic mass is 16.5. The van der Waals surface area contributed by atoms with Crippen LogP contribution in [0.25, 0.3) is 0 Å². The molecule has 1 saturated carbocycles. The first-order chi connectivity index (χ1) is 10.1. The van der Waals surface area contributed by atoms with Gasteiger partial charge in [0.25, 0.3) is 0 Å². The van der Waals surface area contributed by atoms with Gasteiger partial charge in [-0.3, -0.25) is 4.79 Å². The molecular weight excluding hydrogens is 276 g/mol. The van der Waals surface area contributed by atoms with Crippen LogP contribution in [0, 0.1) is 5.92 Å². The summed E-state index contributed by atoms with van der Waals surface area (Å²) in [7, 11) is 0. The number of urea groups is 1. The number of rotatable bonds is 7. The van der Waals surface area contributed by atoms with E-state index >= 15 is 0 Å². The van der Waals surface area contributed by atoms with Crippen molar-refractivity contribution < 1.29 is 24.5 Å². The molecule has 0 aromatic rings. The van der Waals surface area contributed by atoms with E-state index in [2.05, 4.69) is 0 Å². The average Bonchev–Trinajstić information content (AvgIpc) is 3.28. The zero-order valence-electron chi connectivity index (χ0n) is 12.2. The molecule has 1 heterocycles. The molecule has 2 fully saturated rings. The summed E-state index contributed by atoms with van der Waals surface area (Å²) in [6.45, 7) is 1.81. The summed E-state index contributed by atoms with van der Waals surface area (Å²) in [5.41, 5.74) is 0. The molecule has 120 valence electrons. The lowest BCUT2D eigenvalue weighted by Crippen LogP contribution is -2.49. The lowest BCUT2D eigenvalue weighted by molar-refractivity contribution is -0.137. The SMILES string of the molecule is O=C(O)CN(CC1CC1)C(=O)N1CCC(OCCO)CC1. The van der Waals surface area contributed by atoms with Gasteiger partial charge in [-0.2, -0.15) is 0 Å². The van der Waals surface area contributed by atoms with Crippen LogP contribution in [0.1, 0.15) is 25.7 Å². The lowest BCUT2D eigenvalue weighted by Gasteiger charge is -2.35. The highest BCUT2D eigenvalue weighted by Gasteiger charge is 2.32. The van der Waals surface area contributed by atoms with Gasteiger partial charge >= 0.3 is 12.0 Å². The Bertz CT molecular complexity index is 364. The number of carboxylic acids is 1. The van der Waals surface area contributed by atoms with Crippen LogP contribution >= 0.6 is 0 Å². The average molecular weight is 300 g/mol. The molecule has 0 radical (unpaired) electrons. The molecule has 0 aromatic heterocycles. The molecule has 0 aromatic carbocycles. The maximum absolute atomic E-state index is 12.4. The van der Waals surface area contributed by atoms with Crippen molar-refractivity contribution in [3.63, 3.8) is 0 Å². The van der Waals surface area contributed by atoms with Gasteiger partial charge in [-0.05, 0) is 31.6 Å². The van der Waals surface area contributed by atoms with E-state index in [9.17, 15) is 9.59 Å². The number of hydrogen-bond donors (Lipinski definition) is 2. The number of hydrogen-bond acceptors (Lipinski definition) is 4. The number of nitrogens with zero attached hydrogens (tertiary/aromatic N) is 2. The van der Waals surface area contributed by atoms with Crippen molar-refractivity contribution in [1.29, 1.82) is 0 Å². The Morgan fingerprint density at radius 2 is 1.86 bits per heavy atom. The molecule has 1 aliphatic carbocycles. The third-order valence-corrected chi connectivity index (χ3v) is 3.93. The Hall–Kier alpha value is -1.34. The Morgan fingerprint density at radius 3 is 2.38 bits per heavy atom. The number of carbonyl (C=O) groups excluding carboxylic acids is 1. The summed E-state index contributed by atoms with van der Waals surface area (Å²) in [6.07, 6.45) is 3.71. The van der Waals surface area contributed by atoms with Crippen LogP contribution in [0.2, 0.25) is 0 Å². The number of likely N-dealkylation sites (tertiary alicyclic amines) is 1. The summed E-state index contributed by atoms with van der Waals surface area (Å²) in [5, 5.41) is 17.7. The van der Waals surface area contributed by atoms with Gasteiger partial charge < -0.3 is 24.7 Å². The summed E-state index contributed by atoms with van der Waals surface area (Å²) in [4.78, 5) is 26.5. The Balaban J connectivity index is 1.81. The van der Waals surface area contributed by atoms with Crippen molar-refractivity contribution >= 4 is 12.0 Å². The molecule has 0 bridgehead atoms. The largest absolute Gasteiger partial charge is 0.480 e. The fraction of sp³-hybridized carbons (Fsp3) is 0.857. The lowest BCUT2D eigenvalue weighted by atomic mass is 10.1. The van der Waals surface area contributed by atoms with Crippen molar-refractivity contribution in [2.45, 2.75) is 31.8 Å². The fourth-order valence-electron chi connectivity index (χ4n) is 2.62. The topological polar surface area (TPSA) is 90.3 Å². The molecule has 7 nitrogen and oxygen atoms in total. The molecular formula is C14H24N2O5. The van der Waals surface area contributed by atoms with Crippen LogP contribution in [0.4, 0.5) is 4.79 Å². The number of carboxylic acid groups (broad SMARTS) is 1. The number of amides is 2. The normalized spacial score (nSPS) is 19.6. The second-order valence-electron chi connectivity index (χ2n) is 5.78. The third kappa shape index (κ3) is 5.17. The standard InChI is InChI=1S/C14H24N2O5/c17-7-8-21-12-3-5-15(6-4-12)14(20)16(10-13(18)19)9-11-1-2-11/h11-12,17H,1-10H2,(H,18,19). The van der Waals surface area contributed by atoms with Gasteiger partial charge in [-0.1, -0.05) is 0 Å². The van der Waals surface area contributed by atoms with Crippen LogP contribution in [0.5, 0.6) is 0 Å². The van der Waals surface area contributed by atoms with E-state index in [0.29, 0.717) is 32.2 Å². The van der Waals surface area contributed by atoms with Crippen LogP contribution in [-0.2, 0) is 9.53 Å². The predicted octanol–water partition coefficient (Wildman–Crippen LogP) is 0.376. The molecule has 2 amide bonds. The molecule has 21 heavy (non-hydrogen) atoms. The minimum Gasteiger partial charge on any atom is -0.480 e. The molecule has 0 atom stereocenters. The van der Waals surface area contributed by atoms with E-state index < -0.39 is 5.97 Å². The maximum Gasteiger partial charge on any atom is 0.323 e. The number of aliphatic hydroxyl groups excluding tert-OH is 1. The molecule has 1 aliphatic heterocycles. The molecule has 7 heteroatoms. The number of aliphatic carboxylic acids is 1. The van der Waals surface area contributed by atoms with E-state index in [1.807, 2.05) is 0 Å². The molecule has 2 rings (SSSR count). The Morgan fingerprint density at radius 1 is 1.19 bits per heavy atom. The van der Waals surface area contributed by atoms with Crippen LogP contribution in [-0.4, -0.2) is 77.5 Å². The van der Waals surface area contributed by atoms with E-state index in [1.54, 1.807) is 4.90 Å². The number of aliphatic hydroxyl groups is 1. The minimum atomic E-state index is -0.967. The van der Waals surface area contributed by atoms with E-state index in [4.69, 9.17) is 14.9 Å². The highest BCUT2D eigenvalue weighted by Crippen LogP contribution is 2.30. The Kier molecular flexibility index (Phi) is 5.81. The fourth-order valence-corrected chi connectivity index (χ4v) is 2.62. The monoisotopic (exact) mass is 300 g/mol. The van der Waals surface area contributed by atoms with Crippen LogP contribution in [0.3, 0.4) is 0 Å². The number of piperidine rings is 1. The van der Waals surface area contributed by atoms with Gasteiger partial charge in [-0.15, -0.1) is 0 Å². The van der Waals surface area contributed by atoms with Gasteiger partial charge in [0.1, 0.15) is 6.54 Å². The van der Waals surface area contributed by atoms with Crippen molar-refractivity contribution in [2.75, 3.05) is 39.4 Å². The first-order valence-corrected chi connectivity index (χ1v) is 7.58. The third-order valence-electron chi connectivity index (χ3n) is 3.93. The molecule has 0 spiro atoms. The minimum absolute atomic E-state index is 0.00687. The van der Waals surface area contributed by atoms with Gasteiger partial charge in [-0.25, -0.2) is 4.79 Å². The molecule has 1 saturated heterocycles. The van der Waals surface area contributed by atoms with Crippen molar-refractivity contribution in [3.05, 3.63) is 0 Å². The smallest absolute Gasteiger partial charge is 0.323 e. The zero-order chi connectivity index (χ0) is 15.2. The predicted molar refractivity (Wildman–Crippen MR) is 75.0 cm³/mol. The maximum atomic E-state index is 12.4. The van der Waals surface area contributed by atoms with Crippen LogP contribution in [0.15, 0.2) is 0 Å². The number of carbonyl (C=O) groups is 2. The molecule has 2 aliphatic rings. The van der Waals surface area contributed by atoms with Crippen molar-refractivity contribution in [1.82, 2.24) is 9.80 Å². The highest BCUT2D eigenvalue weighted by molar-refractivity contribution is 5.80. The second-order valence-corrected chi connectivity index (χ2v) is 5.78. The summed E-state index contributed by atoms with van der Waals surface area (Å²) < 4.78 is 5.46. The second kappa shape index (κ2) is 7.61. The number of ether oxygens (including phenoxy) is 1. The van der Waals surface area contributed by atoms with Crippen molar-refractivity contribution in [2.24, 2.45) is 5.92 Å². The van der Waals surface area contributed by atoms with Gasteiger partial charge in [0, 0.05) is 19.6 Å². The Labute approximate surface area is 124 Å². The van der Waals surface area contributed by atoms with Crippen LogP contribution < -0.4 is 0 Å².